The van der Waals surface area contributed by atoms with Crippen LogP contribution in [0.15, 0.2) is 63.3 Å². The van der Waals surface area contributed by atoms with E-state index in [1.807, 2.05) is 47.9 Å². The summed E-state index contributed by atoms with van der Waals surface area (Å²) in [6, 6.07) is 9.72. The van der Waals surface area contributed by atoms with Gasteiger partial charge in [-0.05, 0) is 31.2 Å². The van der Waals surface area contributed by atoms with E-state index in [0.717, 1.165) is 38.3 Å². The standard InChI is InChI=1S/C18H18BrN3O2S/c1-3-8-22-17(16-7-9-23-13(16)2)20-21-18(22)25-11-10-24-15-6-4-5-14(19)12-15/h3-7,9,12H,1,8,10-11H2,2H3. The van der Waals surface area contributed by atoms with Gasteiger partial charge in [0, 0.05) is 16.8 Å². The number of aromatic nitrogens is 3. The van der Waals surface area contributed by atoms with Crippen molar-refractivity contribution in [3.05, 3.63) is 59.5 Å². The molecule has 0 bridgehead atoms. The zero-order valence-corrected chi connectivity index (χ0v) is 16.2. The van der Waals surface area contributed by atoms with Gasteiger partial charge in [0.2, 0.25) is 0 Å². The van der Waals surface area contributed by atoms with E-state index in [1.165, 1.54) is 0 Å². The number of nitrogens with zero attached hydrogens (tertiary/aromatic N) is 3. The lowest BCUT2D eigenvalue weighted by Crippen LogP contribution is -2.04. The van der Waals surface area contributed by atoms with Crippen molar-refractivity contribution in [1.29, 1.82) is 0 Å². The van der Waals surface area contributed by atoms with Crippen molar-refractivity contribution >= 4 is 27.7 Å². The molecule has 0 spiro atoms. The van der Waals surface area contributed by atoms with Crippen molar-refractivity contribution in [2.75, 3.05) is 12.4 Å². The lowest BCUT2D eigenvalue weighted by atomic mass is 10.2. The topological polar surface area (TPSA) is 53.1 Å². The lowest BCUT2D eigenvalue weighted by molar-refractivity contribution is 0.343. The van der Waals surface area contributed by atoms with Crippen LogP contribution in [0.5, 0.6) is 5.75 Å². The van der Waals surface area contributed by atoms with E-state index in [-0.39, 0.29) is 0 Å². The Morgan fingerprint density at radius 1 is 1.36 bits per heavy atom. The van der Waals surface area contributed by atoms with Crippen LogP contribution in [0.2, 0.25) is 0 Å². The van der Waals surface area contributed by atoms with E-state index in [0.29, 0.717) is 13.2 Å². The van der Waals surface area contributed by atoms with Crippen molar-refractivity contribution in [3.8, 4) is 17.1 Å². The fraction of sp³-hybridized carbons (Fsp3) is 0.222. The molecule has 0 radical (unpaired) electrons. The Hall–Kier alpha value is -1.99. The maximum Gasteiger partial charge on any atom is 0.191 e. The number of allylic oxidation sites excluding steroid dienone is 1. The van der Waals surface area contributed by atoms with Gasteiger partial charge >= 0.3 is 0 Å². The molecule has 0 aliphatic carbocycles. The molecule has 3 rings (SSSR count). The van der Waals surface area contributed by atoms with E-state index >= 15 is 0 Å². The average Bonchev–Trinajstić information content (AvgIpc) is 3.18. The lowest BCUT2D eigenvalue weighted by Gasteiger charge is -2.08. The molecule has 130 valence electrons. The number of benzene rings is 1. The maximum absolute atomic E-state index is 5.76. The number of hydrogen-bond acceptors (Lipinski definition) is 5. The third-order valence-electron chi connectivity index (χ3n) is 3.51. The average molecular weight is 420 g/mol. The molecular formula is C18H18BrN3O2S. The Morgan fingerprint density at radius 3 is 2.96 bits per heavy atom. The molecule has 0 aliphatic heterocycles. The first-order chi connectivity index (χ1) is 12.2. The molecule has 0 fully saturated rings. The molecule has 0 atom stereocenters. The van der Waals surface area contributed by atoms with Crippen LogP contribution in [0.25, 0.3) is 11.4 Å². The van der Waals surface area contributed by atoms with Crippen molar-refractivity contribution in [3.63, 3.8) is 0 Å². The molecule has 2 heterocycles. The van der Waals surface area contributed by atoms with Crippen LogP contribution in [0.3, 0.4) is 0 Å². The molecule has 2 aromatic heterocycles. The molecule has 0 saturated carbocycles. The normalized spacial score (nSPS) is 10.8. The minimum absolute atomic E-state index is 0.585. The molecular weight excluding hydrogens is 402 g/mol. The Bertz CT molecular complexity index is 860. The van der Waals surface area contributed by atoms with Crippen LogP contribution in [0, 0.1) is 6.92 Å². The maximum atomic E-state index is 5.76. The first-order valence-corrected chi connectivity index (χ1v) is 9.56. The zero-order valence-electron chi connectivity index (χ0n) is 13.8. The second-order valence-electron chi connectivity index (χ2n) is 5.25. The van der Waals surface area contributed by atoms with Gasteiger partial charge in [0.1, 0.15) is 11.5 Å². The summed E-state index contributed by atoms with van der Waals surface area (Å²) >= 11 is 5.05. The number of rotatable bonds is 8. The summed E-state index contributed by atoms with van der Waals surface area (Å²) in [6.45, 7) is 6.97. The summed E-state index contributed by atoms with van der Waals surface area (Å²) < 4.78 is 14.2. The molecule has 3 aromatic rings. The van der Waals surface area contributed by atoms with Crippen molar-refractivity contribution in [1.82, 2.24) is 14.8 Å². The van der Waals surface area contributed by atoms with Gasteiger partial charge in [0.15, 0.2) is 11.0 Å². The van der Waals surface area contributed by atoms with Crippen molar-refractivity contribution < 1.29 is 9.15 Å². The Labute approximate surface area is 159 Å². The highest BCUT2D eigenvalue weighted by molar-refractivity contribution is 9.10. The minimum Gasteiger partial charge on any atom is -0.493 e. The largest absolute Gasteiger partial charge is 0.493 e. The highest BCUT2D eigenvalue weighted by Crippen LogP contribution is 2.27. The van der Waals surface area contributed by atoms with E-state index in [9.17, 15) is 0 Å². The Kier molecular flexibility index (Phi) is 5.99. The van der Waals surface area contributed by atoms with E-state index in [1.54, 1.807) is 18.0 Å². The van der Waals surface area contributed by atoms with Crippen LogP contribution < -0.4 is 4.74 Å². The van der Waals surface area contributed by atoms with Gasteiger partial charge in [-0.2, -0.15) is 0 Å². The summed E-state index contributed by atoms with van der Waals surface area (Å²) in [4.78, 5) is 0. The molecule has 0 aliphatic rings. The van der Waals surface area contributed by atoms with Gasteiger partial charge in [0.05, 0.1) is 18.4 Å². The number of hydrogen-bond donors (Lipinski definition) is 0. The number of thioether (sulfide) groups is 1. The first-order valence-electron chi connectivity index (χ1n) is 7.78. The summed E-state index contributed by atoms with van der Waals surface area (Å²) in [5.41, 5.74) is 0.951. The summed E-state index contributed by atoms with van der Waals surface area (Å²) in [5.74, 6) is 3.23. The van der Waals surface area contributed by atoms with E-state index < -0.39 is 0 Å². The third-order valence-corrected chi connectivity index (χ3v) is 4.93. The molecule has 7 heteroatoms. The predicted molar refractivity (Wildman–Crippen MR) is 103 cm³/mol. The molecule has 0 unspecified atom stereocenters. The monoisotopic (exact) mass is 419 g/mol. The molecule has 5 nitrogen and oxygen atoms in total. The number of ether oxygens (including phenoxy) is 1. The summed E-state index contributed by atoms with van der Waals surface area (Å²) in [5, 5.41) is 9.48. The van der Waals surface area contributed by atoms with Crippen LogP contribution in [0.1, 0.15) is 5.76 Å². The van der Waals surface area contributed by atoms with Gasteiger partial charge in [-0.3, -0.25) is 4.57 Å². The van der Waals surface area contributed by atoms with Gasteiger partial charge in [-0.15, -0.1) is 16.8 Å². The van der Waals surface area contributed by atoms with E-state index in [2.05, 4.69) is 32.7 Å². The van der Waals surface area contributed by atoms with Crippen molar-refractivity contribution in [2.24, 2.45) is 0 Å². The number of halogens is 1. The molecule has 1 aromatic carbocycles. The molecule has 0 saturated heterocycles. The smallest absolute Gasteiger partial charge is 0.191 e. The second-order valence-corrected chi connectivity index (χ2v) is 7.23. The van der Waals surface area contributed by atoms with Gasteiger partial charge < -0.3 is 9.15 Å². The summed E-state index contributed by atoms with van der Waals surface area (Å²) in [6.07, 6.45) is 3.50. The summed E-state index contributed by atoms with van der Waals surface area (Å²) in [7, 11) is 0. The zero-order chi connectivity index (χ0) is 17.6. The number of aryl methyl sites for hydroxylation is 1. The van der Waals surface area contributed by atoms with Crippen LogP contribution in [0.4, 0.5) is 0 Å². The minimum atomic E-state index is 0.585. The fourth-order valence-corrected chi connectivity index (χ4v) is 3.50. The molecule has 25 heavy (non-hydrogen) atoms. The Balaban J connectivity index is 1.65. The Morgan fingerprint density at radius 2 is 2.24 bits per heavy atom. The number of furan rings is 1. The molecule has 0 amide bonds. The SMILES string of the molecule is C=CCn1c(SCCOc2cccc(Br)c2)nnc1-c1ccoc1C. The van der Waals surface area contributed by atoms with Crippen molar-refractivity contribution in [2.45, 2.75) is 18.6 Å². The van der Waals surface area contributed by atoms with Gasteiger partial charge in [-0.25, -0.2) is 0 Å². The van der Waals surface area contributed by atoms with E-state index in [4.69, 9.17) is 9.15 Å². The van der Waals surface area contributed by atoms with Gasteiger partial charge in [0.25, 0.3) is 0 Å². The third kappa shape index (κ3) is 4.35. The second kappa shape index (κ2) is 8.40. The van der Waals surface area contributed by atoms with Crippen LogP contribution in [-0.2, 0) is 6.54 Å². The first kappa shape index (κ1) is 17.8. The van der Waals surface area contributed by atoms with Crippen LogP contribution in [-0.4, -0.2) is 27.1 Å². The van der Waals surface area contributed by atoms with Crippen LogP contribution >= 0.6 is 27.7 Å². The highest BCUT2D eigenvalue weighted by atomic mass is 79.9. The quantitative estimate of drug-likeness (QED) is 0.293. The van der Waals surface area contributed by atoms with Gasteiger partial charge in [-0.1, -0.05) is 39.8 Å². The predicted octanol–water partition coefficient (Wildman–Crippen LogP) is 4.97. The molecule has 0 N–H and O–H groups in total. The fourth-order valence-electron chi connectivity index (χ4n) is 2.35. The highest BCUT2D eigenvalue weighted by Gasteiger charge is 2.16.